The van der Waals surface area contributed by atoms with E-state index in [1.807, 2.05) is 0 Å². The maximum atomic E-state index is 6.82. The van der Waals surface area contributed by atoms with Crippen molar-refractivity contribution in [3.8, 4) is 16.9 Å². The molecule has 9 rings (SSSR count). The highest BCUT2D eigenvalue weighted by Crippen LogP contribution is 2.50. The Hall–Kier alpha value is -6.06. The lowest BCUT2D eigenvalue weighted by atomic mass is 9.98. The van der Waals surface area contributed by atoms with Crippen molar-refractivity contribution in [3.63, 3.8) is 0 Å². The zero-order chi connectivity index (χ0) is 30.5. The van der Waals surface area contributed by atoms with Gasteiger partial charge in [0.15, 0.2) is 12.0 Å². The number of benzene rings is 8. The van der Waals surface area contributed by atoms with Crippen molar-refractivity contribution >= 4 is 55.1 Å². The number of nitrogens with one attached hydrogen (secondary N) is 1. The van der Waals surface area contributed by atoms with Crippen LogP contribution in [0.4, 0.5) is 22.7 Å². The van der Waals surface area contributed by atoms with E-state index in [9.17, 15) is 0 Å². The van der Waals surface area contributed by atoms with E-state index in [4.69, 9.17) is 4.74 Å². The summed E-state index contributed by atoms with van der Waals surface area (Å²) in [5.74, 6) is 0.900. The molecule has 3 heteroatoms. The molecule has 8 aromatic rings. The summed E-state index contributed by atoms with van der Waals surface area (Å²) in [7, 11) is 0. The summed E-state index contributed by atoms with van der Waals surface area (Å²) in [5, 5.41) is 10.8. The largest absolute Gasteiger partial charge is 0.464 e. The van der Waals surface area contributed by atoms with Crippen LogP contribution >= 0.6 is 0 Å². The summed E-state index contributed by atoms with van der Waals surface area (Å²) in [4.78, 5) is 2.33. The SMILES string of the molecule is c1ccc(-c2ccc(N(c3ccccc3)c3ccc4c(c3)c3c(c5ccccc54)OC(c4cccc5ccccc45)N3)cc2)cc1. The Kier molecular flexibility index (Phi) is 6.20. The van der Waals surface area contributed by atoms with E-state index in [1.54, 1.807) is 0 Å². The Morgan fingerprint density at radius 3 is 1.83 bits per heavy atom. The normalized spacial score (nSPS) is 13.8. The van der Waals surface area contributed by atoms with Gasteiger partial charge in [-0.15, -0.1) is 0 Å². The highest BCUT2D eigenvalue weighted by Gasteiger charge is 2.29. The Balaban J connectivity index is 1.21. The minimum absolute atomic E-state index is 0.297. The molecule has 0 aromatic heterocycles. The van der Waals surface area contributed by atoms with Gasteiger partial charge in [0, 0.05) is 33.4 Å². The molecule has 0 saturated carbocycles. The lowest BCUT2D eigenvalue weighted by Crippen LogP contribution is -2.11. The minimum Gasteiger partial charge on any atom is -0.464 e. The van der Waals surface area contributed by atoms with Gasteiger partial charge in [0.1, 0.15) is 0 Å². The van der Waals surface area contributed by atoms with Crippen LogP contribution in [0.15, 0.2) is 170 Å². The molecule has 1 N–H and O–H groups in total. The van der Waals surface area contributed by atoms with Gasteiger partial charge in [0.05, 0.1) is 5.69 Å². The highest BCUT2D eigenvalue weighted by molar-refractivity contribution is 6.18. The van der Waals surface area contributed by atoms with Crippen LogP contribution in [0.5, 0.6) is 5.75 Å². The fraction of sp³-hybridized carbons (Fsp3) is 0.0233. The van der Waals surface area contributed by atoms with E-state index in [0.29, 0.717) is 0 Å². The Bertz CT molecular complexity index is 2360. The van der Waals surface area contributed by atoms with Gasteiger partial charge < -0.3 is 15.0 Å². The van der Waals surface area contributed by atoms with Crippen LogP contribution in [0.1, 0.15) is 11.8 Å². The first-order valence-electron chi connectivity index (χ1n) is 15.7. The second-order valence-electron chi connectivity index (χ2n) is 11.8. The van der Waals surface area contributed by atoms with E-state index in [1.165, 1.54) is 32.7 Å². The smallest absolute Gasteiger partial charge is 0.197 e. The van der Waals surface area contributed by atoms with Crippen LogP contribution in [-0.4, -0.2) is 0 Å². The van der Waals surface area contributed by atoms with Crippen LogP contribution in [0.3, 0.4) is 0 Å². The van der Waals surface area contributed by atoms with Crippen LogP contribution in [-0.2, 0) is 0 Å². The molecule has 1 atom stereocenters. The zero-order valence-corrected chi connectivity index (χ0v) is 25.1. The average Bonchev–Trinajstić information content (AvgIpc) is 3.59. The van der Waals surface area contributed by atoms with Crippen molar-refractivity contribution < 1.29 is 4.74 Å². The molecule has 1 heterocycles. The van der Waals surface area contributed by atoms with E-state index >= 15 is 0 Å². The first-order chi connectivity index (χ1) is 22.8. The van der Waals surface area contributed by atoms with Gasteiger partial charge in [-0.05, 0) is 69.1 Å². The van der Waals surface area contributed by atoms with Crippen LogP contribution in [0.25, 0.3) is 43.4 Å². The number of ether oxygens (including phenoxy) is 1. The highest BCUT2D eigenvalue weighted by atomic mass is 16.5. The van der Waals surface area contributed by atoms with E-state index in [-0.39, 0.29) is 6.23 Å². The third-order valence-corrected chi connectivity index (χ3v) is 9.08. The summed E-state index contributed by atoms with van der Waals surface area (Å²) in [6, 6.07) is 60.2. The number of nitrogens with zero attached hydrogens (tertiary/aromatic N) is 1. The quantitative estimate of drug-likeness (QED) is 0.202. The molecule has 8 aromatic carbocycles. The number of anilines is 4. The third kappa shape index (κ3) is 4.36. The second-order valence-corrected chi connectivity index (χ2v) is 11.8. The lowest BCUT2D eigenvalue weighted by Gasteiger charge is -2.26. The van der Waals surface area contributed by atoms with Crippen molar-refractivity contribution in [2.75, 3.05) is 10.2 Å². The molecule has 3 nitrogen and oxygen atoms in total. The van der Waals surface area contributed by atoms with Crippen molar-refractivity contribution in [1.82, 2.24) is 0 Å². The molecule has 1 aliphatic rings. The topological polar surface area (TPSA) is 24.5 Å². The van der Waals surface area contributed by atoms with Crippen molar-refractivity contribution in [1.29, 1.82) is 0 Å². The molecule has 46 heavy (non-hydrogen) atoms. The molecule has 0 spiro atoms. The Labute approximate surface area is 267 Å². The maximum Gasteiger partial charge on any atom is 0.197 e. The van der Waals surface area contributed by atoms with Crippen molar-refractivity contribution in [2.24, 2.45) is 0 Å². The van der Waals surface area contributed by atoms with E-state index in [0.717, 1.165) is 44.8 Å². The number of para-hydroxylation sites is 1. The molecule has 0 radical (unpaired) electrons. The van der Waals surface area contributed by atoms with Crippen LogP contribution < -0.4 is 15.0 Å². The summed E-state index contributed by atoms with van der Waals surface area (Å²) < 4.78 is 6.82. The monoisotopic (exact) mass is 590 g/mol. The van der Waals surface area contributed by atoms with Gasteiger partial charge in [-0.3, -0.25) is 0 Å². The number of hydrogen-bond acceptors (Lipinski definition) is 3. The predicted octanol–water partition coefficient (Wildman–Crippen LogP) is 11.8. The summed E-state index contributed by atoms with van der Waals surface area (Å²) in [6.45, 7) is 0. The fourth-order valence-corrected chi connectivity index (χ4v) is 6.91. The summed E-state index contributed by atoms with van der Waals surface area (Å²) in [5.41, 5.74) is 7.85. The molecule has 0 aliphatic carbocycles. The van der Waals surface area contributed by atoms with Crippen molar-refractivity contribution in [2.45, 2.75) is 6.23 Å². The van der Waals surface area contributed by atoms with Crippen LogP contribution in [0.2, 0.25) is 0 Å². The van der Waals surface area contributed by atoms with Crippen molar-refractivity contribution in [3.05, 3.63) is 175 Å². The molecule has 1 unspecified atom stereocenters. The number of fused-ring (bicyclic) bond motifs is 7. The van der Waals surface area contributed by atoms with Gasteiger partial charge in [0.25, 0.3) is 0 Å². The van der Waals surface area contributed by atoms with Crippen LogP contribution in [0, 0.1) is 0 Å². The first-order valence-corrected chi connectivity index (χ1v) is 15.7. The zero-order valence-electron chi connectivity index (χ0n) is 25.1. The summed E-state index contributed by atoms with van der Waals surface area (Å²) >= 11 is 0. The van der Waals surface area contributed by atoms with Gasteiger partial charge >= 0.3 is 0 Å². The lowest BCUT2D eigenvalue weighted by molar-refractivity contribution is 0.264. The van der Waals surface area contributed by atoms with E-state index < -0.39 is 0 Å². The maximum absolute atomic E-state index is 6.82. The molecule has 0 saturated heterocycles. The molecule has 1 aliphatic heterocycles. The Morgan fingerprint density at radius 1 is 0.435 bits per heavy atom. The van der Waals surface area contributed by atoms with Gasteiger partial charge in [-0.25, -0.2) is 0 Å². The van der Waals surface area contributed by atoms with Gasteiger partial charge in [-0.2, -0.15) is 0 Å². The molecule has 0 fully saturated rings. The minimum atomic E-state index is -0.297. The summed E-state index contributed by atoms with van der Waals surface area (Å²) in [6.07, 6.45) is -0.297. The second kappa shape index (κ2) is 10.8. The van der Waals surface area contributed by atoms with E-state index in [2.05, 4.69) is 180 Å². The fourth-order valence-electron chi connectivity index (χ4n) is 6.91. The van der Waals surface area contributed by atoms with Gasteiger partial charge in [-0.1, -0.05) is 133 Å². The Morgan fingerprint density at radius 2 is 1.02 bits per heavy atom. The molecule has 0 bridgehead atoms. The molecular formula is C43H30N2O. The predicted molar refractivity (Wildman–Crippen MR) is 193 cm³/mol. The standard InChI is InChI=1S/C43H30N2O/c1-3-12-29(13-4-1)30-22-24-33(25-23-30)45(32-16-5-2-6-17-32)34-26-27-37-36-19-9-10-20-38(36)42-41(40(37)28-34)44-43(46-42)39-21-11-15-31-14-7-8-18-35(31)39/h1-28,43-44H. The number of hydrogen-bond donors (Lipinski definition) is 1. The first kappa shape index (κ1) is 26.4. The van der Waals surface area contributed by atoms with Gasteiger partial charge in [0.2, 0.25) is 0 Å². The molecule has 0 amide bonds. The average molecular weight is 591 g/mol. The molecular weight excluding hydrogens is 560 g/mol. The molecule has 218 valence electrons. The third-order valence-electron chi connectivity index (χ3n) is 9.08. The number of rotatable bonds is 5.